The molecule has 0 saturated carbocycles. The molecule has 8 heteroatoms. The Bertz CT molecular complexity index is 1550. The Morgan fingerprint density at radius 2 is 1.56 bits per heavy atom. The molecule has 0 aliphatic carbocycles. The SMILES string of the molecule is COC(=O)C(Cc1ccc(OCCNC(=O)C(C)(C)c2cccc(Cl)c2)cc1)Nc1ccccc1C(=O)c1ccccc1. The zero-order valence-corrected chi connectivity index (χ0v) is 25.2. The minimum atomic E-state index is -0.744. The number of para-hydroxylation sites is 1. The molecule has 1 atom stereocenters. The number of halogens is 1. The molecule has 0 aliphatic rings. The molecular formula is C35H35ClN2O5. The Kier molecular flexibility index (Phi) is 10.6. The number of methoxy groups -OCH3 is 1. The van der Waals surface area contributed by atoms with E-state index in [1.54, 1.807) is 42.5 Å². The van der Waals surface area contributed by atoms with Gasteiger partial charge in [-0.1, -0.05) is 78.3 Å². The molecule has 7 nitrogen and oxygen atoms in total. The minimum absolute atomic E-state index is 0.123. The van der Waals surface area contributed by atoms with E-state index in [4.69, 9.17) is 21.1 Å². The zero-order valence-electron chi connectivity index (χ0n) is 24.4. The summed E-state index contributed by atoms with van der Waals surface area (Å²) in [6.45, 7) is 4.32. The molecule has 4 aromatic rings. The molecule has 43 heavy (non-hydrogen) atoms. The predicted octanol–water partition coefficient (Wildman–Crippen LogP) is 6.24. The van der Waals surface area contributed by atoms with Crippen molar-refractivity contribution < 1.29 is 23.9 Å². The fourth-order valence-electron chi connectivity index (χ4n) is 4.60. The molecule has 0 bridgehead atoms. The predicted molar refractivity (Wildman–Crippen MR) is 169 cm³/mol. The highest BCUT2D eigenvalue weighted by Gasteiger charge is 2.29. The maximum Gasteiger partial charge on any atom is 0.328 e. The van der Waals surface area contributed by atoms with Crippen molar-refractivity contribution in [2.45, 2.75) is 31.7 Å². The lowest BCUT2D eigenvalue weighted by atomic mass is 9.84. The summed E-state index contributed by atoms with van der Waals surface area (Å²) in [7, 11) is 1.34. The molecule has 1 unspecified atom stereocenters. The highest BCUT2D eigenvalue weighted by Crippen LogP contribution is 2.26. The molecule has 222 valence electrons. The lowest BCUT2D eigenvalue weighted by Gasteiger charge is -2.24. The summed E-state index contributed by atoms with van der Waals surface area (Å²) in [6, 6.07) is 30.0. The zero-order chi connectivity index (χ0) is 30.8. The third-order valence-corrected chi connectivity index (χ3v) is 7.39. The Balaban J connectivity index is 1.34. The van der Waals surface area contributed by atoms with Gasteiger partial charge < -0.3 is 20.1 Å². The van der Waals surface area contributed by atoms with Crippen molar-refractivity contribution in [3.63, 3.8) is 0 Å². The second-order valence-corrected chi connectivity index (χ2v) is 11.0. The molecule has 1 amide bonds. The van der Waals surface area contributed by atoms with E-state index < -0.39 is 17.4 Å². The normalized spacial score (nSPS) is 11.7. The van der Waals surface area contributed by atoms with Crippen LogP contribution in [0.25, 0.3) is 0 Å². The van der Waals surface area contributed by atoms with Crippen molar-refractivity contribution in [1.82, 2.24) is 5.32 Å². The van der Waals surface area contributed by atoms with Crippen LogP contribution < -0.4 is 15.4 Å². The monoisotopic (exact) mass is 598 g/mol. The van der Waals surface area contributed by atoms with Crippen LogP contribution in [-0.2, 0) is 26.2 Å². The van der Waals surface area contributed by atoms with Crippen LogP contribution in [0.1, 0.15) is 40.9 Å². The van der Waals surface area contributed by atoms with Gasteiger partial charge in [0, 0.05) is 28.3 Å². The number of carbonyl (C=O) groups excluding carboxylic acids is 3. The lowest BCUT2D eigenvalue weighted by molar-refractivity contribution is -0.141. The number of ketones is 1. The van der Waals surface area contributed by atoms with Gasteiger partial charge in [-0.05, 0) is 61.4 Å². The van der Waals surface area contributed by atoms with Crippen molar-refractivity contribution >= 4 is 34.9 Å². The molecular weight excluding hydrogens is 564 g/mol. The highest BCUT2D eigenvalue weighted by molar-refractivity contribution is 6.30. The van der Waals surface area contributed by atoms with Crippen LogP contribution in [0.3, 0.4) is 0 Å². The van der Waals surface area contributed by atoms with Crippen LogP contribution in [0.5, 0.6) is 5.75 Å². The van der Waals surface area contributed by atoms with Gasteiger partial charge in [0.15, 0.2) is 5.78 Å². The van der Waals surface area contributed by atoms with Crippen molar-refractivity contribution in [3.05, 3.63) is 130 Å². The van der Waals surface area contributed by atoms with E-state index in [0.717, 1.165) is 11.1 Å². The van der Waals surface area contributed by atoms with Crippen LogP contribution in [0, 0.1) is 0 Å². The third kappa shape index (κ3) is 8.23. The van der Waals surface area contributed by atoms with Crippen molar-refractivity contribution in [1.29, 1.82) is 0 Å². The molecule has 0 aromatic heterocycles. The molecule has 4 rings (SSSR count). The van der Waals surface area contributed by atoms with E-state index in [1.165, 1.54) is 7.11 Å². The standard InChI is InChI=1S/C35H35ClN2O5/c1-35(2,26-12-9-13-27(36)23-26)34(41)37-20-21-43-28-18-16-24(17-19-28)22-31(33(40)42-3)38-30-15-8-7-14-29(30)32(39)25-10-5-4-6-11-25/h4-19,23,31,38H,20-22H2,1-3H3,(H,37,41). The Morgan fingerprint density at radius 3 is 2.26 bits per heavy atom. The molecule has 0 heterocycles. The summed E-state index contributed by atoms with van der Waals surface area (Å²) in [4.78, 5) is 38.7. The summed E-state index contributed by atoms with van der Waals surface area (Å²) in [5, 5.41) is 6.73. The number of carbonyl (C=O) groups is 3. The number of benzene rings is 4. The average Bonchev–Trinajstić information content (AvgIpc) is 3.03. The quantitative estimate of drug-likeness (QED) is 0.107. The first-order valence-electron chi connectivity index (χ1n) is 14.0. The molecule has 0 spiro atoms. The smallest absolute Gasteiger partial charge is 0.328 e. The summed E-state index contributed by atoms with van der Waals surface area (Å²) >= 11 is 6.10. The van der Waals surface area contributed by atoms with Gasteiger partial charge in [-0.2, -0.15) is 0 Å². The Morgan fingerprint density at radius 1 is 0.860 bits per heavy atom. The summed E-state index contributed by atoms with van der Waals surface area (Å²) in [5.41, 5.74) is 2.54. The fourth-order valence-corrected chi connectivity index (χ4v) is 4.79. The van der Waals surface area contributed by atoms with E-state index in [2.05, 4.69) is 10.6 Å². The Labute approximate surface area is 257 Å². The largest absolute Gasteiger partial charge is 0.492 e. The van der Waals surface area contributed by atoms with E-state index in [1.807, 2.05) is 74.5 Å². The van der Waals surface area contributed by atoms with Crippen LogP contribution in [0.2, 0.25) is 5.02 Å². The number of esters is 1. The molecule has 2 N–H and O–H groups in total. The van der Waals surface area contributed by atoms with Gasteiger partial charge in [-0.25, -0.2) is 4.79 Å². The van der Waals surface area contributed by atoms with Crippen molar-refractivity contribution in [2.24, 2.45) is 0 Å². The van der Waals surface area contributed by atoms with Crippen LogP contribution in [0.15, 0.2) is 103 Å². The third-order valence-electron chi connectivity index (χ3n) is 7.16. The summed E-state index contributed by atoms with van der Waals surface area (Å²) in [5.74, 6) is -0.0765. The number of rotatable bonds is 13. The van der Waals surface area contributed by atoms with E-state index in [9.17, 15) is 14.4 Å². The second-order valence-electron chi connectivity index (χ2n) is 10.5. The molecule has 0 saturated heterocycles. The number of anilines is 1. The number of hydrogen-bond donors (Lipinski definition) is 2. The Hall–Kier alpha value is -4.62. The first-order valence-corrected chi connectivity index (χ1v) is 14.4. The van der Waals surface area contributed by atoms with Gasteiger partial charge in [0.25, 0.3) is 0 Å². The van der Waals surface area contributed by atoms with Crippen molar-refractivity contribution in [2.75, 3.05) is 25.6 Å². The number of nitrogens with one attached hydrogen (secondary N) is 2. The van der Waals surface area contributed by atoms with Gasteiger partial charge in [0.2, 0.25) is 5.91 Å². The van der Waals surface area contributed by atoms with E-state index >= 15 is 0 Å². The summed E-state index contributed by atoms with van der Waals surface area (Å²) in [6.07, 6.45) is 0.329. The number of amides is 1. The van der Waals surface area contributed by atoms with Crippen LogP contribution in [0.4, 0.5) is 5.69 Å². The maximum absolute atomic E-state index is 13.2. The minimum Gasteiger partial charge on any atom is -0.492 e. The average molecular weight is 599 g/mol. The first kappa shape index (κ1) is 31.3. The van der Waals surface area contributed by atoms with Gasteiger partial charge in [0.05, 0.1) is 19.1 Å². The summed E-state index contributed by atoms with van der Waals surface area (Å²) < 4.78 is 10.9. The van der Waals surface area contributed by atoms with E-state index in [-0.39, 0.29) is 18.3 Å². The van der Waals surface area contributed by atoms with Crippen molar-refractivity contribution in [3.8, 4) is 5.75 Å². The van der Waals surface area contributed by atoms with Crippen LogP contribution >= 0.6 is 11.6 Å². The van der Waals surface area contributed by atoms with Gasteiger partial charge in [0.1, 0.15) is 18.4 Å². The topological polar surface area (TPSA) is 93.7 Å². The molecule has 4 aromatic carbocycles. The molecule has 0 aliphatic heterocycles. The molecule has 0 radical (unpaired) electrons. The first-order chi connectivity index (χ1) is 20.7. The lowest BCUT2D eigenvalue weighted by Crippen LogP contribution is -2.41. The van der Waals surface area contributed by atoms with Gasteiger partial charge in [-0.3, -0.25) is 9.59 Å². The number of ether oxygens (including phenoxy) is 2. The van der Waals surface area contributed by atoms with Gasteiger partial charge in [-0.15, -0.1) is 0 Å². The highest BCUT2D eigenvalue weighted by atomic mass is 35.5. The van der Waals surface area contributed by atoms with Gasteiger partial charge >= 0.3 is 5.97 Å². The fraction of sp³-hybridized carbons (Fsp3) is 0.229. The van der Waals surface area contributed by atoms with E-state index in [0.29, 0.717) is 40.6 Å². The second kappa shape index (κ2) is 14.5. The molecule has 0 fully saturated rings. The maximum atomic E-state index is 13.2. The number of hydrogen-bond acceptors (Lipinski definition) is 6. The van der Waals surface area contributed by atoms with Crippen LogP contribution in [-0.4, -0.2) is 44.0 Å².